The van der Waals surface area contributed by atoms with E-state index in [-0.39, 0.29) is 20.4 Å². The zero-order chi connectivity index (χ0) is 11.7. The summed E-state index contributed by atoms with van der Waals surface area (Å²) in [4.78, 5) is 38.1. The average molecular weight is 328 g/mol. The third-order valence-corrected chi connectivity index (χ3v) is 0. The second kappa shape index (κ2) is 12.2. The molecule has 14 heavy (non-hydrogen) atoms. The molecule has 0 radical (unpaired) electrons. The standard InChI is InChI=1S/2NO3.H3O4P.Pd/c2*2-1(3)4;1-5(2,3)4;/h;;(H3,1,2,3,4);/q2*-1;;+2. The van der Waals surface area contributed by atoms with Crippen LogP contribution in [0.3, 0.4) is 0 Å². The first-order valence-electron chi connectivity index (χ1n) is 1.88. The third-order valence-electron chi connectivity index (χ3n) is 0. The van der Waals surface area contributed by atoms with Gasteiger partial charge < -0.3 is 45.3 Å². The number of hydrogen-bond donors (Lipinski definition) is 3. The number of rotatable bonds is 0. The Labute approximate surface area is 88.9 Å². The molecule has 0 saturated heterocycles. The first-order valence-corrected chi connectivity index (χ1v) is 3.44. The Morgan fingerprint density at radius 3 is 0.857 bits per heavy atom. The topological polar surface area (TPSA) is 210 Å². The fraction of sp³-hybridized carbons (Fsp3) is 0. The van der Waals surface area contributed by atoms with Gasteiger partial charge in [-0.05, 0) is 0 Å². The fourth-order valence-corrected chi connectivity index (χ4v) is 0. The molecule has 0 rings (SSSR count). The predicted molar refractivity (Wildman–Crippen MR) is 35.0 cm³/mol. The molecule has 0 amide bonds. The second-order valence-electron chi connectivity index (χ2n) is 0.960. The maximum Gasteiger partial charge on any atom is 2.00 e. The van der Waals surface area contributed by atoms with Gasteiger partial charge in [-0.3, -0.25) is 0 Å². The van der Waals surface area contributed by atoms with E-state index in [2.05, 4.69) is 0 Å². The summed E-state index contributed by atoms with van der Waals surface area (Å²) in [6.45, 7) is 0. The van der Waals surface area contributed by atoms with Crippen LogP contribution < -0.4 is 0 Å². The van der Waals surface area contributed by atoms with Crippen LogP contribution >= 0.6 is 7.82 Å². The minimum Gasteiger partial charge on any atom is -0.356 e. The molecule has 0 unspecified atom stereocenters. The quantitative estimate of drug-likeness (QED) is 0.204. The molecule has 3 N–H and O–H groups in total. The molecule has 0 aliphatic carbocycles. The third kappa shape index (κ3) is 1690. The van der Waals surface area contributed by atoms with E-state index in [1.807, 2.05) is 0 Å². The van der Waals surface area contributed by atoms with Crippen molar-refractivity contribution in [3.05, 3.63) is 30.6 Å². The Balaban J connectivity index is -0.0000000522. The summed E-state index contributed by atoms with van der Waals surface area (Å²) in [7, 11) is -4.64. The summed E-state index contributed by atoms with van der Waals surface area (Å²) < 4.78 is 8.88. The van der Waals surface area contributed by atoms with Crippen LogP contribution in [0.5, 0.6) is 0 Å². The number of hydrogen-bond acceptors (Lipinski definition) is 7. The van der Waals surface area contributed by atoms with E-state index in [1.165, 1.54) is 0 Å². The summed E-state index contributed by atoms with van der Waals surface area (Å²) in [5.74, 6) is 0. The number of nitrogens with zero attached hydrogens (tertiary/aromatic N) is 2. The van der Waals surface area contributed by atoms with Gasteiger partial charge in [-0.2, -0.15) is 0 Å². The Morgan fingerprint density at radius 2 is 0.857 bits per heavy atom. The van der Waals surface area contributed by atoms with Crippen molar-refractivity contribution in [2.24, 2.45) is 0 Å². The maximum absolute atomic E-state index is 8.88. The zero-order valence-corrected chi connectivity index (χ0v) is 8.31. The van der Waals surface area contributed by atoms with Gasteiger partial charge in [0.2, 0.25) is 0 Å². The Morgan fingerprint density at radius 1 is 0.857 bits per heavy atom. The van der Waals surface area contributed by atoms with Gasteiger partial charge in [-0.15, -0.1) is 0 Å². The smallest absolute Gasteiger partial charge is 0.356 e. The van der Waals surface area contributed by atoms with Gasteiger partial charge in [0.25, 0.3) is 0 Å². The van der Waals surface area contributed by atoms with Gasteiger partial charge in [0.05, 0.1) is 10.2 Å². The van der Waals surface area contributed by atoms with E-state index in [4.69, 9.17) is 49.9 Å². The first-order chi connectivity index (χ1) is 5.46. The van der Waals surface area contributed by atoms with Gasteiger partial charge in [-0.25, -0.2) is 4.57 Å². The van der Waals surface area contributed by atoms with Crippen LogP contribution in [0.2, 0.25) is 0 Å². The normalized spacial score (nSPS) is 7.64. The largest absolute Gasteiger partial charge is 2.00 e. The Hall–Kier alpha value is -0.828. The van der Waals surface area contributed by atoms with Crippen LogP contribution in [-0.2, 0) is 25.0 Å². The van der Waals surface area contributed by atoms with E-state index in [0.717, 1.165) is 0 Å². The van der Waals surface area contributed by atoms with Crippen molar-refractivity contribution in [2.75, 3.05) is 0 Å². The maximum atomic E-state index is 8.88. The predicted octanol–water partition coefficient (Wildman–Crippen LogP) is -1.41. The van der Waals surface area contributed by atoms with E-state index in [1.54, 1.807) is 0 Å². The molecule has 14 heteroatoms. The minimum atomic E-state index is -4.64. The molecule has 0 heterocycles. The van der Waals surface area contributed by atoms with Gasteiger partial charge in [-0.1, -0.05) is 0 Å². The SMILES string of the molecule is O=P(O)(O)O.O=[N+]([O-])[O-].O=[N+]([O-])[O-].[Pd+2]. The molecule has 0 aromatic carbocycles. The van der Waals surface area contributed by atoms with Crippen molar-refractivity contribution in [1.29, 1.82) is 0 Å². The van der Waals surface area contributed by atoms with Crippen LogP contribution in [0.25, 0.3) is 0 Å². The van der Waals surface area contributed by atoms with Crippen molar-refractivity contribution < 1.29 is 49.8 Å². The molecule has 0 aliphatic heterocycles. The van der Waals surface area contributed by atoms with E-state index in [0.29, 0.717) is 0 Å². The van der Waals surface area contributed by atoms with E-state index >= 15 is 0 Å². The minimum absolute atomic E-state index is 0. The summed E-state index contributed by atoms with van der Waals surface area (Å²) in [6, 6.07) is 0. The summed E-state index contributed by atoms with van der Waals surface area (Å²) in [6.07, 6.45) is 0. The van der Waals surface area contributed by atoms with E-state index in [9.17, 15) is 0 Å². The molecule has 0 saturated carbocycles. The van der Waals surface area contributed by atoms with Crippen LogP contribution in [0, 0.1) is 30.6 Å². The number of phosphoric acid groups is 1. The van der Waals surface area contributed by atoms with E-state index < -0.39 is 18.0 Å². The molecular formula is H3N2O10PPd. The van der Waals surface area contributed by atoms with Gasteiger partial charge in [0.1, 0.15) is 0 Å². The van der Waals surface area contributed by atoms with Gasteiger partial charge >= 0.3 is 28.2 Å². The molecule has 0 aromatic rings. The molecule has 0 spiro atoms. The van der Waals surface area contributed by atoms with Crippen molar-refractivity contribution in [3.63, 3.8) is 0 Å². The monoisotopic (exact) mass is 328 g/mol. The van der Waals surface area contributed by atoms with Gasteiger partial charge in [0, 0.05) is 0 Å². The Bertz CT molecular complexity index is 166. The van der Waals surface area contributed by atoms with Crippen molar-refractivity contribution in [1.82, 2.24) is 0 Å². The molecule has 0 fully saturated rings. The van der Waals surface area contributed by atoms with Gasteiger partial charge in [0.15, 0.2) is 0 Å². The average Bonchev–Trinajstić information content (AvgIpc) is 1.50. The van der Waals surface area contributed by atoms with Crippen molar-refractivity contribution in [2.45, 2.75) is 0 Å². The zero-order valence-electron chi connectivity index (χ0n) is 5.86. The molecule has 0 atom stereocenters. The van der Waals surface area contributed by atoms with Crippen molar-refractivity contribution in [3.8, 4) is 0 Å². The van der Waals surface area contributed by atoms with Crippen LogP contribution in [0.1, 0.15) is 0 Å². The molecule has 12 nitrogen and oxygen atoms in total. The molecule has 0 aromatic heterocycles. The van der Waals surface area contributed by atoms with Crippen molar-refractivity contribution >= 4 is 7.82 Å². The van der Waals surface area contributed by atoms with Crippen LogP contribution in [-0.4, -0.2) is 24.9 Å². The fourth-order valence-electron chi connectivity index (χ4n) is 0. The van der Waals surface area contributed by atoms with Crippen LogP contribution in [0.15, 0.2) is 0 Å². The summed E-state index contributed by atoms with van der Waals surface area (Å²) in [5, 5.41) is 29.5. The Kier molecular flexibility index (Phi) is 20.2. The molecular weight excluding hydrogens is 325 g/mol. The summed E-state index contributed by atoms with van der Waals surface area (Å²) in [5.41, 5.74) is 0. The first kappa shape index (κ1) is 23.2. The second-order valence-corrected chi connectivity index (χ2v) is 1.99. The van der Waals surface area contributed by atoms with Crippen LogP contribution in [0.4, 0.5) is 0 Å². The molecule has 0 bridgehead atoms. The molecule has 88 valence electrons. The summed E-state index contributed by atoms with van der Waals surface area (Å²) >= 11 is 0. The molecule has 0 aliphatic rings.